The fourth-order valence-electron chi connectivity index (χ4n) is 3.37. The van der Waals surface area contributed by atoms with Crippen molar-refractivity contribution in [3.63, 3.8) is 0 Å². The highest BCUT2D eigenvalue weighted by molar-refractivity contribution is 5.21. The van der Waals surface area contributed by atoms with E-state index in [4.69, 9.17) is 10.7 Å². The lowest BCUT2D eigenvalue weighted by Gasteiger charge is -2.15. The predicted octanol–water partition coefficient (Wildman–Crippen LogP) is 2.87. The summed E-state index contributed by atoms with van der Waals surface area (Å²) in [6.45, 7) is 0. The van der Waals surface area contributed by atoms with E-state index in [0.717, 1.165) is 30.9 Å². The van der Waals surface area contributed by atoms with Gasteiger partial charge < -0.3 is 10.7 Å². The first-order valence-electron chi connectivity index (χ1n) is 7.16. The lowest BCUT2D eigenvalue weighted by molar-refractivity contribution is 0.497. The molecule has 0 radical (unpaired) electrons. The van der Waals surface area contributed by atoms with Crippen LogP contribution in [0.1, 0.15) is 68.2 Å². The van der Waals surface area contributed by atoms with Gasteiger partial charge in [0, 0.05) is 18.2 Å². The van der Waals surface area contributed by atoms with Crippen molar-refractivity contribution in [3.8, 4) is 0 Å². The lowest BCUT2D eigenvalue weighted by atomic mass is 9.97. The molecule has 0 saturated heterocycles. The lowest BCUT2D eigenvalue weighted by Crippen LogP contribution is -2.17. The van der Waals surface area contributed by atoms with Gasteiger partial charge in [-0.15, -0.1) is 0 Å². The number of aromatic amines is 1. The number of aryl methyl sites for hydroxylation is 2. The van der Waals surface area contributed by atoms with Crippen LogP contribution in [0, 0.1) is 5.92 Å². The highest BCUT2D eigenvalue weighted by Crippen LogP contribution is 2.30. The molecule has 2 aliphatic rings. The van der Waals surface area contributed by atoms with Gasteiger partial charge in [-0.1, -0.05) is 25.7 Å². The van der Waals surface area contributed by atoms with Crippen LogP contribution in [0.25, 0.3) is 0 Å². The topological polar surface area (TPSA) is 54.7 Å². The molecular weight excluding hydrogens is 210 g/mol. The zero-order valence-electron chi connectivity index (χ0n) is 10.5. The third-order valence-corrected chi connectivity index (χ3v) is 4.42. The quantitative estimate of drug-likeness (QED) is 0.843. The maximum Gasteiger partial charge on any atom is 0.106 e. The number of nitrogens with one attached hydrogen (secondary N) is 1. The van der Waals surface area contributed by atoms with Crippen LogP contribution in [0.5, 0.6) is 0 Å². The van der Waals surface area contributed by atoms with Gasteiger partial charge in [0.05, 0.1) is 5.69 Å². The summed E-state index contributed by atoms with van der Waals surface area (Å²) in [4.78, 5) is 8.21. The summed E-state index contributed by atoms with van der Waals surface area (Å²) < 4.78 is 0. The number of aromatic nitrogens is 2. The second-order valence-electron chi connectivity index (χ2n) is 5.74. The molecule has 17 heavy (non-hydrogen) atoms. The SMILES string of the molecule is NC1CCCc2[nH]c(CCC3CCCC3)nc21. The van der Waals surface area contributed by atoms with Crippen molar-refractivity contribution in [2.75, 3.05) is 0 Å². The van der Waals surface area contributed by atoms with Crippen LogP contribution in [0.2, 0.25) is 0 Å². The van der Waals surface area contributed by atoms with Gasteiger partial charge in [-0.2, -0.15) is 0 Å². The zero-order chi connectivity index (χ0) is 11.7. The van der Waals surface area contributed by atoms with Crippen LogP contribution in [0.4, 0.5) is 0 Å². The molecule has 1 aromatic rings. The minimum absolute atomic E-state index is 0.176. The molecule has 1 aromatic heterocycles. The Kier molecular flexibility index (Phi) is 3.19. The van der Waals surface area contributed by atoms with Gasteiger partial charge in [0.1, 0.15) is 5.82 Å². The highest BCUT2D eigenvalue weighted by atomic mass is 15.0. The van der Waals surface area contributed by atoms with E-state index in [1.165, 1.54) is 50.0 Å². The van der Waals surface area contributed by atoms with E-state index in [1.54, 1.807) is 0 Å². The predicted molar refractivity (Wildman–Crippen MR) is 68.7 cm³/mol. The number of hydrogen-bond donors (Lipinski definition) is 2. The first-order valence-corrected chi connectivity index (χ1v) is 7.16. The van der Waals surface area contributed by atoms with E-state index in [0.29, 0.717) is 0 Å². The first kappa shape index (κ1) is 11.3. The van der Waals surface area contributed by atoms with Gasteiger partial charge in [-0.05, 0) is 31.6 Å². The first-order chi connectivity index (χ1) is 8.33. The van der Waals surface area contributed by atoms with Crippen molar-refractivity contribution in [2.45, 2.75) is 63.8 Å². The molecule has 0 spiro atoms. The summed E-state index contributed by atoms with van der Waals surface area (Å²) in [5.41, 5.74) is 8.56. The van der Waals surface area contributed by atoms with Crippen molar-refractivity contribution < 1.29 is 0 Å². The number of imidazole rings is 1. The number of rotatable bonds is 3. The molecular formula is C14H23N3. The Hall–Kier alpha value is -0.830. The summed E-state index contributed by atoms with van der Waals surface area (Å²) in [5, 5.41) is 0. The van der Waals surface area contributed by atoms with Gasteiger partial charge in [0.15, 0.2) is 0 Å². The van der Waals surface area contributed by atoms with Gasteiger partial charge in [0.2, 0.25) is 0 Å². The minimum Gasteiger partial charge on any atom is -0.346 e. The second-order valence-corrected chi connectivity index (χ2v) is 5.74. The van der Waals surface area contributed by atoms with Crippen LogP contribution in [-0.2, 0) is 12.8 Å². The van der Waals surface area contributed by atoms with Crippen molar-refractivity contribution in [2.24, 2.45) is 11.7 Å². The van der Waals surface area contributed by atoms with E-state index in [-0.39, 0.29) is 6.04 Å². The van der Waals surface area contributed by atoms with Crippen LogP contribution in [-0.4, -0.2) is 9.97 Å². The Morgan fingerprint density at radius 3 is 2.76 bits per heavy atom. The van der Waals surface area contributed by atoms with Crippen molar-refractivity contribution >= 4 is 0 Å². The second kappa shape index (κ2) is 4.81. The molecule has 3 N–H and O–H groups in total. The van der Waals surface area contributed by atoms with E-state index >= 15 is 0 Å². The number of hydrogen-bond acceptors (Lipinski definition) is 2. The summed E-state index contributed by atoms with van der Waals surface area (Å²) >= 11 is 0. The molecule has 0 aliphatic heterocycles. The third kappa shape index (κ3) is 2.39. The maximum atomic E-state index is 6.10. The number of nitrogens with two attached hydrogens (primary N) is 1. The Balaban J connectivity index is 1.63. The smallest absolute Gasteiger partial charge is 0.106 e. The molecule has 1 unspecified atom stereocenters. The monoisotopic (exact) mass is 233 g/mol. The molecule has 1 atom stereocenters. The fourth-order valence-corrected chi connectivity index (χ4v) is 3.37. The van der Waals surface area contributed by atoms with Crippen LogP contribution < -0.4 is 5.73 Å². The molecule has 94 valence electrons. The normalized spacial score (nSPS) is 25.1. The summed E-state index contributed by atoms with van der Waals surface area (Å²) in [5.74, 6) is 2.13. The number of fused-ring (bicyclic) bond motifs is 1. The van der Waals surface area contributed by atoms with Crippen LogP contribution in [0.3, 0.4) is 0 Å². The minimum atomic E-state index is 0.176. The van der Waals surface area contributed by atoms with Gasteiger partial charge >= 0.3 is 0 Å². The Bertz CT molecular complexity index is 377. The Morgan fingerprint density at radius 1 is 1.18 bits per heavy atom. The highest BCUT2D eigenvalue weighted by Gasteiger charge is 2.22. The molecule has 3 nitrogen and oxygen atoms in total. The summed E-state index contributed by atoms with van der Waals surface area (Å²) in [6.07, 6.45) is 11.6. The molecule has 0 amide bonds. The summed E-state index contributed by atoms with van der Waals surface area (Å²) in [6, 6.07) is 0.176. The average Bonchev–Trinajstić information content (AvgIpc) is 2.95. The molecule has 0 bridgehead atoms. The Labute approximate surface area is 103 Å². The molecule has 1 saturated carbocycles. The van der Waals surface area contributed by atoms with E-state index in [9.17, 15) is 0 Å². The summed E-state index contributed by atoms with van der Waals surface area (Å²) in [7, 11) is 0. The zero-order valence-corrected chi connectivity index (χ0v) is 10.5. The van der Waals surface area contributed by atoms with E-state index < -0.39 is 0 Å². The largest absolute Gasteiger partial charge is 0.346 e. The third-order valence-electron chi connectivity index (χ3n) is 4.42. The molecule has 0 aromatic carbocycles. The van der Waals surface area contributed by atoms with Crippen LogP contribution in [0.15, 0.2) is 0 Å². The van der Waals surface area contributed by atoms with E-state index in [1.807, 2.05) is 0 Å². The van der Waals surface area contributed by atoms with Crippen molar-refractivity contribution in [3.05, 3.63) is 17.2 Å². The average molecular weight is 233 g/mol. The van der Waals surface area contributed by atoms with E-state index in [2.05, 4.69) is 4.98 Å². The molecule has 1 fully saturated rings. The maximum absolute atomic E-state index is 6.10. The molecule has 3 heteroatoms. The van der Waals surface area contributed by atoms with Gasteiger partial charge in [-0.3, -0.25) is 0 Å². The molecule has 2 aliphatic carbocycles. The fraction of sp³-hybridized carbons (Fsp3) is 0.786. The molecule has 1 heterocycles. The van der Waals surface area contributed by atoms with Crippen LogP contribution >= 0.6 is 0 Å². The van der Waals surface area contributed by atoms with Gasteiger partial charge in [0.25, 0.3) is 0 Å². The number of H-pyrrole nitrogens is 1. The number of nitrogens with zero attached hydrogens (tertiary/aromatic N) is 1. The molecule has 3 rings (SSSR count). The van der Waals surface area contributed by atoms with Gasteiger partial charge in [-0.25, -0.2) is 4.98 Å². The Morgan fingerprint density at radius 2 is 2.00 bits per heavy atom. The van der Waals surface area contributed by atoms with Crippen molar-refractivity contribution in [1.29, 1.82) is 0 Å². The standard InChI is InChI=1S/C14H23N3/c15-11-6-3-7-12-14(11)17-13(16-12)9-8-10-4-1-2-5-10/h10-11H,1-9,15H2,(H,16,17). The van der Waals surface area contributed by atoms with Crippen molar-refractivity contribution in [1.82, 2.24) is 9.97 Å².